The topological polar surface area (TPSA) is 93.3 Å². The monoisotopic (exact) mass is 360 g/mol. The van der Waals surface area contributed by atoms with Crippen molar-refractivity contribution >= 4 is 11.9 Å². The van der Waals surface area contributed by atoms with Crippen molar-refractivity contribution in [3.05, 3.63) is 88.1 Å². The normalized spacial score (nSPS) is 10.6. The van der Waals surface area contributed by atoms with Crippen LogP contribution in [0.4, 0.5) is 0 Å². The van der Waals surface area contributed by atoms with Gasteiger partial charge < -0.3 is 10.8 Å². The second-order valence-electron chi connectivity index (χ2n) is 6.59. The van der Waals surface area contributed by atoms with Crippen molar-refractivity contribution in [2.45, 2.75) is 20.3 Å². The van der Waals surface area contributed by atoms with Gasteiger partial charge in [-0.2, -0.15) is 0 Å². The number of pyridine rings is 1. The molecule has 27 heavy (non-hydrogen) atoms. The number of amides is 1. The van der Waals surface area contributed by atoms with E-state index in [-0.39, 0.29) is 0 Å². The maximum Gasteiger partial charge on any atom is 0.335 e. The second kappa shape index (κ2) is 7.41. The van der Waals surface area contributed by atoms with Crippen LogP contribution in [-0.2, 0) is 6.42 Å². The van der Waals surface area contributed by atoms with Crippen molar-refractivity contribution in [3.63, 3.8) is 0 Å². The average Bonchev–Trinajstić information content (AvgIpc) is 2.63. The number of aromatic carboxylic acids is 1. The molecule has 1 aromatic heterocycles. The van der Waals surface area contributed by atoms with Crippen LogP contribution in [-0.4, -0.2) is 22.0 Å². The van der Waals surface area contributed by atoms with Crippen LogP contribution >= 0.6 is 0 Å². The molecule has 3 aromatic rings. The Bertz CT molecular complexity index is 1020. The fourth-order valence-corrected chi connectivity index (χ4v) is 3.09. The number of hydrogen-bond acceptors (Lipinski definition) is 3. The van der Waals surface area contributed by atoms with Crippen molar-refractivity contribution in [2.24, 2.45) is 5.73 Å². The molecule has 2 aromatic carbocycles. The standard InChI is InChI=1S/C22H20N2O3/c1-13-3-4-18(19(9-13)22(26)27)11-15-10-14(2)20(24-12-15)16-5-7-17(8-6-16)21(23)25/h3-10,12H,11H2,1-2H3,(H2,23,25)(H,26,27). The SMILES string of the molecule is Cc1ccc(Cc2cnc(-c3ccc(C(N)=O)cc3)c(C)c2)c(C(=O)O)c1. The summed E-state index contributed by atoms with van der Waals surface area (Å²) >= 11 is 0. The van der Waals surface area contributed by atoms with Crippen LogP contribution in [0.2, 0.25) is 0 Å². The molecule has 3 rings (SSSR count). The summed E-state index contributed by atoms with van der Waals surface area (Å²) in [5.74, 6) is -1.39. The largest absolute Gasteiger partial charge is 0.478 e. The van der Waals surface area contributed by atoms with Gasteiger partial charge in [0.15, 0.2) is 0 Å². The molecule has 0 fully saturated rings. The maximum absolute atomic E-state index is 11.5. The summed E-state index contributed by atoms with van der Waals surface area (Å²) in [5.41, 5.74) is 11.3. The van der Waals surface area contributed by atoms with Gasteiger partial charge in [0.1, 0.15) is 0 Å². The molecule has 0 saturated heterocycles. The van der Waals surface area contributed by atoms with Gasteiger partial charge in [0.05, 0.1) is 11.3 Å². The number of carbonyl (C=O) groups is 2. The van der Waals surface area contributed by atoms with E-state index in [9.17, 15) is 14.7 Å². The van der Waals surface area contributed by atoms with E-state index in [2.05, 4.69) is 4.98 Å². The number of rotatable bonds is 5. The molecule has 136 valence electrons. The summed E-state index contributed by atoms with van der Waals surface area (Å²) in [6.07, 6.45) is 2.26. The Kier molecular flexibility index (Phi) is 5.03. The Balaban J connectivity index is 1.89. The number of aromatic nitrogens is 1. The molecule has 5 heteroatoms. The number of primary amides is 1. The van der Waals surface area contributed by atoms with Gasteiger partial charge in [0.25, 0.3) is 0 Å². The highest BCUT2D eigenvalue weighted by molar-refractivity contribution is 5.93. The maximum atomic E-state index is 11.5. The summed E-state index contributed by atoms with van der Waals surface area (Å²) in [4.78, 5) is 27.2. The lowest BCUT2D eigenvalue weighted by atomic mass is 9.97. The van der Waals surface area contributed by atoms with Gasteiger partial charge in [-0.3, -0.25) is 9.78 Å². The highest BCUT2D eigenvalue weighted by Crippen LogP contribution is 2.24. The average molecular weight is 360 g/mol. The predicted molar refractivity (Wildman–Crippen MR) is 104 cm³/mol. The van der Waals surface area contributed by atoms with E-state index in [1.165, 1.54) is 0 Å². The molecule has 3 N–H and O–H groups in total. The first kappa shape index (κ1) is 18.3. The Labute approximate surface area is 157 Å². The van der Waals surface area contributed by atoms with Gasteiger partial charge in [-0.15, -0.1) is 0 Å². The molecule has 0 saturated carbocycles. The van der Waals surface area contributed by atoms with Gasteiger partial charge in [0, 0.05) is 17.3 Å². The Morgan fingerprint density at radius 3 is 2.33 bits per heavy atom. The van der Waals surface area contributed by atoms with Gasteiger partial charge in [-0.1, -0.05) is 35.9 Å². The first-order valence-electron chi connectivity index (χ1n) is 8.53. The van der Waals surface area contributed by atoms with Crippen LogP contribution in [0.3, 0.4) is 0 Å². The molecular weight excluding hydrogens is 340 g/mol. The van der Waals surface area contributed by atoms with Crippen molar-refractivity contribution in [1.29, 1.82) is 0 Å². The molecule has 0 bridgehead atoms. The summed E-state index contributed by atoms with van der Waals surface area (Å²) in [7, 11) is 0. The molecule has 0 spiro atoms. The van der Waals surface area contributed by atoms with E-state index >= 15 is 0 Å². The summed E-state index contributed by atoms with van der Waals surface area (Å²) in [6, 6.07) is 14.5. The van der Waals surface area contributed by atoms with Gasteiger partial charge in [-0.25, -0.2) is 4.79 Å². The Morgan fingerprint density at radius 1 is 1.04 bits per heavy atom. The minimum absolute atomic E-state index is 0.318. The molecule has 1 heterocycles. The third-order valence-corrected chi connectivity index (χ3v) is 4.47. The smallest absolute Gasteiger partial charge is 0.335 e. The van der Waals surface area contributed by atoms with Gasteiger partial charge in [-0.05, 0) is 55.2 Å². The van der Waals surface area contributed by atoms with Crippen LogP contribution in [0, 0.1) is 13.8 Å². The van der Waals surface area contributed by atoms with E-state index in [0.717, 1.165) is 33.5 Å². The van der Waals surface area contributed by atoms with Crippen LogP contribution in [0.15, 0.2) is 54.7 Å². The zero-order chi connectivity index (χ0) is 19.6. The van der Waals surface area contributed by atoms with Crippen LogP contribution < -0.4 is 5.73 Å². The molecular formula is C22H20N2O3. The first-order chi connectivity index (χ1) is 12.8. The molecule has 0 aliphatic carbocycles. The summed E-state index contributed by atoms with van der Waals surface area (Å²) in [5, 5.41) is 9.43. The number of carboxylic acid groups (broad SMARTS) is 1. The van der Waals surface area contributed by atoms with E-state index in [0.29, 0.717) is 17.5 Å². The Hall–Kier alpha value is -3.47. The fourth-order valence-electron chi connectivity index (χ4n) is 3.09. The number of carbonyl (C=O) groups excluding carboxylic acids is 1. The minimum Gasteiger partial charge on any atom is -0.478 e. The zero-order valence-corrected chi connectivity index (χ0v) is 15.2. The van der Waals surface area contributed by atoms with Crippen molar-refractivity contribution < 1.29 is 14.7 Å². The van der Waals surface area contributed by atoms with Crippen molar-refractivity contribution in [1.82, 2.24) is 4.98 Å². The number of benzene rings is 2. The van der Waals surface area contributed by atoms with Crippen LogP contribution in [0.5, 0.6) is 0 Å². The third-order valence-electron chi connectivity index (χ3n) is 4.47. The zero-order valence-electron chi connectivity index (χ0n) is 15.2. The number of hydrogen-bond donors (Lipinski definition) is 2. The van der Waals surface area contributed by atoms with Crippen molar-refractivity contribution in [2.75, 3.05) is 0 Å². The second-order valence-corrected chi connectivity index (χ2v) is 6.59. The van der Waals surface area contributed by atoms with Crippen LogP contribution in [0.1, 0.15) is 43.0 Å². The molecule has 0 aliphatic rings. The molecule has 0 radical (unpaired) electrons. The molecule has 5 nitrogen and oxygen atoms in total. The highest BCUT2D eigenvalue weighted by atomic mass is 16.4. The summed E-state index contributed by atoms with van der Waals surface area (Å²) < 4.78 is 0. The van der Waals surface area contributed by atoms with E-state index in [4.69, 9.17) is 5.73 Å². The third kappa shape index (κ3) is 4.03. The van der Waals surface area contributed by atoms with E-state index in [1.807, 2.05) is 44.2 Å². The quantitative estimate of drug-likeness (QED) is 0.724. The first-order valence-corrected chi connectivity index (χ1v) is 8.53. The fraction of sp³-hybridized carbons (Fsp3) is 0.136. The van der Waals surface area contributed by atoms with Crippen molar-refractivity contribution in [3.8, 4) is 11.3 Å². The lowest BCUT2D eigenvalue weighted by molar-refractivity contribution is 0.0695. The number of nitrogens with zero attached hydrogens (tertiary/aromatic N) is 1. The molecule has 0 atom stereocenters. The number of nitrogens with two attached hydrogens (primary N) is 1. The number of carboxylic acids is 1. The molecule has 0 unspecified atom stereocenters. The van der Waals surface area contributed by atoms with Gasteiger partial charge in [0.2, 0.25) is 5.91 Å². The molecule has 0 aliphatic heterocycles. The predicted octanol–water partition coefficient (Wildman–Crippen LogP) is 3.75. The highest BCUT2D eigenvalue weighted by Gasteiger charge is 2.12. The number of aryl methyl sites for hydroxylation is 2. The van der Waals surface area contributed by atoms with E-state index in [1.54, 1.807) is 24.4 Å². The summed E-state index contributed by atoms with van der Waals surface area (Å²) in [6.45, 7) is 3.83. The van der Waals surface area contributed by atoms with Crippen LogP contribution in [0.25, 0.3) is 11.3 Å². The lowest BCUT2D eigenvalue weighted by Crippen LogP contribution is -2.10. The van der Waals surface area contributed by atoms with E-state index < -0.39 is 11.9 Å². The minimum atomic E-state index is -0.926. The van der Waals surface area contributed by atoms with Gasteiger partial charge >= 0.3 is 5.97 Å². The Morgan fingerprint density at radius 2 is 1.74 bits per heavy atom. The lowest BCUT2D eigenvalue weighted by Gasteiger charge is -2.10. The molecule has 1 amide bonds.